The van der Waals surface area contributed by atoms with Crippen molar-refractivity contribution < 1.29 is 32.7 Å². The molecule has 0 aliphatic heterocycles. The molecule has 0 fully saturated rings. The molecular weight excluding hydrogens is 367 g/mol. The van der Waals surface area contributed by atoms with Gasteiger partial charge in [-0.1, -0.05) is 56.3 Å². The van der Waals surface area contributed by atoms with Gasteiger partial charge < -0.3 is 4.90 Å². The maximum absolute atomic E-state index is 3.44. The van der Waals surface area contributed by atoms with E-state index in [0.717, 1.165) is 37.2 Å². The van der Waals surface area contributed by atoms with Gasteiger partial charge in [0.05, 0.1) is 0 Å². The van der Waals surface area contributed by atoms with Gasteiger partial charge >= 0.3 is 0 Å². The van der Waals surface area contributed by atoms with E-state index in [4.69, 9.17) is 0 Å². The van der Waals surface area contributed by atoms with E-state index in [1.807, 2.05) is 0 Å². The van der Waals surface area contributed by atoms with Crippen LogP contribution in [0, 0.1) is 12.1 Å². The third kappa shape index (κ3) is 4.68. The van der Waals surface area contributed by atoms with Crippen molar-refractivity contribution in [3.63, 3.8) is 0 Å². The second kappa shape index (κ2) is 9.34. The van der Waals surface area contributed by atoms with Gasteiger partial charge in [-0.25, -0.2) is 0 Å². The topological polar surface area (TPSA) is 3.24 Å². The van der Waals surface area contributed by atoms with Gasteiger partial charge in [-0.05, 0) is 12.0 Å². The Bertz CT molecular complexity index is 648. The average Bonchev–Trinajstić information content (AvgIpc) is 3.13. The Kier molecular flexibility index (Phi) is 7.46. The van der Waals surface area contributed by atoms with Gasteiger partial charge in [0.1, 0.15) is 0 Å². The molecule has 121 valence electrons. The zero-order valence-electron chi connectivity index (χ0n) is 14.5. The minimum Gasteiger partial charge on any atom is -0.383 e. The van der Waals surface area contributed by atoms with Crippen LogP contribution in [0.15, 0.2) is 60.2 Å². The normalized spacial score (nSPS) is 12.7. The average molecular weight is 390 g/mol. The number of anilines is 2. The SMILES string of the molecule is CCc1c[c-]c(N(CC2=CCC=C2)c2[c-]cc(CC)cc2)cc1.[Y]. The van der Waals surface area contributed by atoms with Crippen molar-refractivity contribution in [1.82, 2.24) is 0 Å². The number of hydrogen-bond acceptors (Lipinski definition) is 1. The van der Waals surface area contributed by atoms with Crippen LogP contribution in [0.4, 0.5) is 11.4 Å². The molecule has 1 aliphatic carbocycles. The van der Waals surface area contributed by atoms with E-state index in [-0.39, 0.29) is 32.7 Å². The Hall–Kier alpha value is -1.18. The third-order valence-corrected chi connectivity index (χ3v) is 4.31. The van der Waals surface area contributed by atoms with Gasteiger partial charge in [-0.15, -0.1) is 12.1 Å². The fourth-order valence-electron chi connectivity index (χ4n) is 2.78. The summed E-state index contributed by atoms with van der Waals surface area (Å²) in [5, 5.41) is 0. The van der Waals surface area contributed by atoms with Gasteiger partial charge in [0.2, 0.25) is 0 Å². The molecule has 0 spiro atoms. The molecule has 0 amide bonds. The Morgan fingerprint density at radius 1 is 0.917 bits per heavy atom. The maximum atomic E-state index is 3.44. The number of allylic oxidation sites excluding steroid dienone is 2. The minimum atomic E-state index is 0. The van der Waals surface area contributed by atoms with Gasteiger partial charge in [0, 0.05) is 39.3 Å². The molecule has 1 aliphatic rings. The first-order chi connectivity index (χ1) is 11.3. The summed E-state index contributed by atoms with van der Waals surface area (Å²) in [5.41, 5.74) is 6.19. The first kappa shape index (κ1) is 19.2. The number of aryl methyl sites for hydroxylation is 2. The number of benzene rings is 2. The summed E-state index contributed by atoms with van der Waals surface area (Å²) >= 11 is 0. The smallest absolute Gasteiger partial charge is 0.0433 e. The van der Waals surface area contributed by atoms with Crippen molar-refractivity contribution in [1.29, 1.82) is 0 Å². The van der Waals surface area contributed by atoms with Crippen molar-refractivity contribution in [2.24, 2.45) is 0 Å². The summed E-state index contributed by atoms with van der Waals surface area (Å²) in [6, 6.07) is 19.8. The summed E-state index contributed by atoms with van der Waals surface area (Å²) in [7, 11) is 0. The molecule has 0 atom stereocenters. The minimum absolute atomic E-state index is 0. The van der Waals surface area contributed by atoms with Crippen LogP contribution in [0.5, 0.6) is 0 Å². The van der Waals surface area contributed by atoms with Gasteiger partial charge in [0.25, 0.3) is 0 Å². The Balaban J connectivity index is 0.00000208. The third-order valence-electron chi connectivity index (χ3n) is 4.31. The first-order valence-corrected chi connectivity index (χ1v) is 8.44. The molecule has 3 rings (SSSR count). The predicted molar refractivity (Wildman–Crippen MR) is 98.2 cm³/mol. The zero-order valence-corrected chi connectivity index (χ0v) is 17.4. The Morgan fingerprint density at radius 2 is 1.50 bits per heavy atom. The molecule has 0 heterocycles. The number of hydrogen-bond donors (Lipinski definition) is 0. The molecule has 1 radical (unpaired) electrons. The standard InChI is InChI=1S/C22H23N.Y/c1-3-18-9-13-21(14-10-18)23(17-20-7-5-6-8-20)22-15-11-19(4-2)12-16-22;/h5,7-13,15H,3-4,6,17H2,1-2H3;/q-2;. The van der Waals surface area contributed by atoms with Crippen molar-refractivity contribution in [3.05, 3.63) is 83.5 Å². The Morgan fingerprint density at radius 3 is 1.88 bits per heavy atom. The molecule has 2 aromatic rings. The summed E-state index contributed by atoms with van der Waals surface area (Å²) in [5.74, 6) is 0. The molecule has 0 N–H and O–H groups in total. The van der Waals surface area contributed by atoms with E-state index in [2.05, 4.69) is 85.5 Å². The molecule has 0 unspecified atom stereocenters. The van der Waals surface area contributed by atoms with Crippen molar-refractivity contribution in [3.8, 4) is 0 Å². The fraction of sp³-hybridized carbons (Fsp3) is 0.273. The van der Waals surface area contributed by atoms with Crippen LogP contribution in [-0.2, 0) is 45.6 Å². The van der Waals surface area contributed by atoms with Crippen molar-refractivity contribution >= 4 is 11.4 Å². The van der Waals surface area contributed by atoms with E-state index in [0.29, 0.717) is 0 Å². The summed E-state index contributed by atoms with van der Waals surface area (Å²) in [4.78, 5) is 2.29. The molecule has 0 bridgehead atoms. The molecule has 0 saturated heterocycles. The van der Waals surface area contributed by atoms with Crippen molar-refractivity contribution in [2.45, 2.75) is 33.1 Å². The van der Waals surface area contributed by atoms with Gasteiger partial charge in [-0.3, -0.25) is 0 Å². The predicted octanol–water partition coefficient (Wildman–Crippen LogP) is 5.43. The van der Waals surface area contributed by atoms with Crippen LogP contribution in [-0.4, -0.2) is 6.54 Å². The number of nitrogens with zero attached hydrogens (tertiary/aromatic N) is 1. The molecule has 2 heteroatoms. The second-order valence-corrected chi connectivity index (χ2v) is 5.87. The molecule has 0 saturated carbocycles. The summed E-state index contributed by atoms with van der Waals surface area (Å²) in [6.07, 6.45) is 9.84. The van der Waals surface area contributed by atoms with Gasteiger partial charge in [0.15, 0.2) is 0 Å². The maximum Gasteiger partial charge on any atom is 0.0433 e. The van der Waals surface area contributed by atoms with Crippen LogP contribution < -0.4 is 4.90 Å². The first-order valence-electron chi connectivity index (χ1n) is 8.44. The van der Waals surface area contributed by atoms with Crippen LogP contribution in [0.3, 0.4) is 0 Å². The van der Waals surface area contributed by atoms with Crippen LogP contribution in [0.2, 0.25) is 0 Å². The molecular formula is C22H23NY-2. The second-order valence-electron chi connectivity index (χ2n) is 5.87. The van der Waals surface area contributed by atoms with E-state index < -0.39 is 0 Å². The van der Waals surface area contributed by atoms with Crippen LogP contribution in [0.25, 0.3) is 0 Å². The molecule has 2 aromatic carbocycles. The molecule has 0 aromatic heterocycles. The van der Waals surface area contributed by atoms with E-state index >= 15 is 0 Å². The van der Waals surface area contributed by atoms with Crippen LogP contribution in [0.1, 0.15) is 31.4 Å². The van der Waals surface area contributed by atoms with E-state index in [9.17, 15) is 0 Å². The van der Waals surface area contributed by atoms with E-state index in [1.54, 1.807) is 0 Å². The van der Waals surface area contributed by atoms with Gasteiger partial charge in [-0.2, -0.15) is 47.5 Å². The van der Waals surface area contributed by atoms with Crippen LogP contribution >= 0.6 is 0 Å². The Labute approximate surface area is 171 Å². The van der Waals surface area contributed by atoms with E-state index in [1.165, 1.54) is 16.7 Å². The number of rotatable bonds is 6. The monoisotopic (exact) mass is 390 g/mol. The summed E-state index contributed by atoms with van der Waals surface area (Å²) < 4.78 is 0. The largest absolute Gasteiger partial charge is 0.383 e. The molecule has 1 nitrogen and oxygen atoms in total. The summed E-state index contributed by atoms with van der Waals surface area (Å²) in [6.45, 7) is 5.21. The van der Waals surface area contributed by atoms with Crippen molar-refractivity contribution in [2.75, 3.05) is 11.4 Å². The quantitative estimate of drug-likeness (QED) is 0.595. The fourth-order valence-corrected chi connectivity index (χ4v) is 2.78. The zero-order chi connectivity index (χ0) is 16.1. The molecule has 24 heavy (non-hydrogen) atoms.